The van der Waals surface area contributed by atoms with Gasteiger partial charge in [-0.05, 0) is 31.4 Å². The lowest BCUT2D eigenvalue weighted by atomic mass is 9.84. The lowest BCUT2D eigenvalue weighted by Gasteiger charge is -2.20. The number of halogens is 1. The molecule has 0 radical (unpaired) electrons. The molecule has 15 heavy (non-hydrogen) atoms. The molecule has 1 aromatic rings. The molecule has 3 heteroatoms. The van der Waals surface area contributed by atoms with Gasteiger partial charge in [-0.15, -0.1) is 0 Å². The minimum atomic E-state index is -0.865. The molecule has 0 atom stereocenters. The van der Waals surface area contributed by atoms with Gasteiger partial charge in [0.05, 0.1) is 5.41 Å². The number of carboxylic acid groups (broad SMARTS) is 1. The van der Waals surface area contributed by atoms with E-state index in [-0.39, 0.29) is 0 Å². The summed E-state index contributed by atoms with van der Waals surface area (Å²) in [6.45, 7) is 2.74. The van der Waals surface area contributed by atoms with E-state index in [9.17, 15) is 9.18 Å². The number of hydrogen-bond donors (Lipinski definition) is 1. The summed E-state index contributed by atoms with van der Waals surface area (Å²) >= 11 is 0. The van der Waals surface area contributed by atoms with Crippen LogP contribution in [0.15, 0.2) is 24.3 Å². The summed E-state index contributed by atoms with van der Waals surface area (Å²) in [7, 11) is 0. The van der Waals surface area contributed by atoms with E-state index in [1.54, 1.807) is 38.1 Å². The third kappa shape index (κ3) is 2.78. The molecule has 0 unspecified atom stereocenters. The average Bonchev–Trinajstić information content (AvgIpc) is 2.18. The van der Waals surface area contributed by atoms with Gasteiger partial charge in [-0.25, -0.2) is 4.39 Å². The molecule has 0 saturated heterocycles. The Bertz CT molecular complexity index is 358. The Kier molecular flexibility index (Phi) is 3.45. The molecule has 0 spiro atoms. The van der Waals surface area contributed by atoms with Gasteiger partial charge in [-0.2, -0.15) is 0 Å². The van der Waals surface area contributed by atoms with Crippen molar-refractivity contribution in [2.45, 2.75) is 26.9 Å². The normalized spacial score (nSPS) is 11.4. The molecule has 0 heterocycles. The maximum absolute atomic E-state index is 12.6. The van der Waals surface area contributed by atoms with Crippen molar-refractivity contribution >= 4 is 5.97 Å². The van der Waals surface area contributed by atoms with Crippen molar-refractivity contribution in [1.29, 1.82) is 0 Å². The summed E-state index contributed by atoms with van der Waals surface area (Å²) < 4.78 is 12.6. The van der Waals surface area contributed by atoms with Gasteiger partial charge < -0.3 is 5.11 Å². The number of aliphatic carboxylic acids is 1. The summed E-state index contributed by atoms with van der Waals surface area (Å²) in [4.78, 5) is 10.9. The highest BCUT2D eigenvalue weighted by Crippen LogP contribution is 2.24. The Labute approximate surface area is 88.7 Å². The van der Waals surface area contributed by atoms with Crippen LogP contribution in [0, 0.1) is 5.41 Å². The van der Waals surface area contributed by atoms with Crippen LogP contribution in [0.2, 0.25) is 0 Å². The van der Waals surface area contributed by atoms with E-state index in [0.29, 0.717) is 12.0 Å². The first-order valence-electron chi connectivity index (χ1n) is 4.83. The molecule has 1 aromatic carbocycles. The number of carbonyl (C=O) groups is 1. The highest BCUT2D eigenvalue weighted by molar-refractivity contribution is 5.74. The van der Waals surface area contributed by atoms with Crippen molar-refractivity contribution in [2.24, 2.45) is 5.41 Å². The Hall–Kier alpha value is -1.38. The van der Waals surface area contributed by atoms with Gasteiger partial charge in [-0.3, -0.25) is 4.79 Å². The molecule has 2 nitrogen and oxygen atoms in total. The van der Waals surface area contributed by atoms with E-state index < -0.39 is 18.1 Å². The molecular formula is C12H15FO2. The third-order valence-corrected chi connectivity index (χ3v) is 2.47. The van der Waals surface area contributed by atoms with Crippen molar-refractivity contribution in [3.63, 3.8) is 0 Å². The van der Waals surface area contributed by atoms with Crippen molar-refractivity contribution in [3.8, 4) is 0 Å². The Morgan fingerprint density at radius 1 is 1.33 bits per heavy atom. The van der Waals surface area contributed by atoms with Crippen LogP contribution in [0.4, 0.5) is 4.39 Å². The van der Waals surface area contributed by atoms with E-state index in [0.717, 1.165) is 5.56 Å². The maximum atomic E-state index is 12.6. The second kappa shape index (κ2) is 4.43. The number of hydrogen-bond acceptors (Lipinski definition) is 1. The summed E-state index contributed by atoms with van der Waals surface area (Å²) in [5, 5.41) is 8.97. The fraction of sp³-hybridized carbons (Fsp3) is 0.417. The summed E-state index contributed by atoms with van der Waals surface area (Å²) in [5.41, 5.74) is 0.491. The van der Waals surface area contributed by atoms with Crippen LogP contribution in [-0.2, 0) is 17.9 Å². The summed E-state index contributed by atoms with van der Waals surface area (Å²) in [6, 6.07) is 7.02. The van der Waals surface area contributed by atoms with Crippen molar-refractivity contribution < 1.29 is 14.3 Å². The second-order valence-electron chi connectivity index (χ2n) is 4.27. The van der Waals surface area contributed by atoms with Crippen LogP contribution in [-0.4, -0.2) is 11.1 Å². The van der Waals surface area contributed by atoms with Crippen LogP contribution in [0.5, 0.6) is 0 Å². The van der Waals surface area contributed by atoms with Gasteiger partial charge in [0, 0.05) is 0 Å². The minimum absolute atomic E-state index is 0.350. The highest BCUT2D eigenvalue weighted by Gasteiger charge is 2.28. The predicted molar refractivity (Wildman–Crippen MR) is 56.4 cm³/mol. The molecule has 82 valence electrons. The average molecular weight is 210 g/mol. The Morgan fingerprint density at radius 3 is 2.33 bits per heavy atom. The van der Waals surface area contributed by atoms with Crippen molar-refractivity contribution in [2.75, 3.05) is 0 Å². The van der Waals surface area contributed by atoms with Crippen LogP contribution in [0.3, 0.4) is 0 Å². The summed E-state index contributed by atoms with van der Waals surface area (Å²) in [5.74, 6) is -0.865. The number of benzene rings is 1. The van der Waals surface area contributed by atoms with E-state index in [1.165, 1.54) is 0 Å². The molecule has 0 aliphatic rings. The largest absolute Gasteiger partial charge is 0.481 e. The van der Waals surface area contributed by atoms with Crippen molar-refractivity contribution in [3.05, 3.63) is 35.4 Å². The number of alkyl halides is 1. The van der Waals surface area contributed by atoms with Gasteiger partial charge in [0.2, 0.25) is 0 Å². The fourth-order valence-electron chi connectivity index (χ4n) is 1.41. The number of rotatable bonds is 4. The molecule has 0 aromatic heterocycles. The van der Waals surface area contributed by atoms with Gasteiger partial charge in [0.25, 0.3) is 0 Å². The zero-order valence-electron chi connectivity index (χ0n) is 8.96. The third-order valence-electron chi connectivity index (χ3n) is 2.47. The van der Waals surface area contributed by atoms with E-state index in [4.69, 9.17) is 5.11 Å². The lowest BCUT2D eigenvalue weighted by Crippen LogP contribution is -2.26. The van der Waals surface area contributed by atoms with Gasteiger partial charge in [-0.1, -0.05) is 24.3 Å². The first-order valence-corrected chi connectivity index (χ1v) is 4.83. The van der Waals surface area contributed by atoms with Gasteiger partial charge >= 0.3 is 5.97 Å². The maximum Gasteiger partial charge on any atom is 0.309 e. The first kappa shape index (κ1) is 11.7. The minimum Gasteiger partial charge on any atom is -0.481 e. The van der Waals surface area contributed by atoms with Gasteiger partial charge in [0.1, 0.15) is 6.67 Å². The molecular weight excluding hydrogens is 195 g/mol. The SMILES string of the molecule is CC(C)(Cc1ccccc1CF)C(=O)O. The molecule has 0 saturated carbocycles. The first-order chi connectivity index (χ1) is 6.97. The molecule has 0 aliphatic heterocycles. The topological polar surface area (TPSA) is 37.3 Å². The predicted octanol–water partition coefficient (Wildman–Crippen LogP) is 2.81. The standard InChI is InChI=1S/C12H15FO2/c1-12(2,11(14)15)7-9-5-3-4-6-10(9)8-13/h3-6H,7-8H2,1-2H3,(H,14,15). The second-order valence-corrected chi connectivity index (χ2v) is 4.27. The van der Waals surface area contributed by atoms with E-state index in [1.807, 2.05) is 0 Å². The van der Waals surface area contributed by atoms with Gasteiger partial charge in [0.15, 0.2) is 0 Å². The van der Waals surface area contributed by atoms with Crippen LogP contribution in [0.1, 0.15) is 25.0 Å². The smallest absolute Gasteiger partial charge is 0.309 e. The Morgan fingerprint density at radius 2 is 1.87 bits per heavy atom. The summed E-state index contributed by atoms with van der Waals surface area (Å²) in [6.07, 6.45) is 0.350. The molecule has 1 rings (SSSR count). The van der Waals surface area contributed by atoms with Crippen LogP contribution < -0.4 is 0 Å². The van der Waals surface area contributed by atoms with E-state index in [2.05, 4.69) is 0 Å². The van der Waals surface area contributed by atoms with Crippen molar-refractivity contribution in [1.82, 2.24) is 0 Å². The Balaban J connectivity index is 2.94. The number of carboxylic acids is 1. The fourth-order valence-corrected chi connectivity index (χ4v) is 1.41. The molecule has 0 bridgehead atoms. The van der Waals surface area contributed by atoms with Crippen LogP contribution >= 0.6 is 0 Å². The molecule has 0 amide bonds. The molecule has 0 aliphatic carbocycles. The zero-order valence-corrected chi connectivity index (χ0v) is 8.96. The van der Waals surface area contributed by atoms with E-state index >= 15 is 0 Å². The monoisotopic (exact) mass is 210 g/mol. The zero-order chi connectivity index (χ0) is 11.5. The lowest BCUT2D eigenvalue weighted by molar-refractivity contribution is -0.146. The quantitative estimate of drug-likeness (QED) is 0.829. The highest BCUT2D eigenvalue weighted by atomic mass is 19.1. The molecule has 0 fully saturated rings. The van der Waals surface area contributed by atoms with Crippen LogP contribution in [0.25, 0.3) is 0 Å². The molecule has 1 N–H and O–H groups in total.